The van der Waals surface area contributed by atoms with Crippen LogP contribution in [0.5, 0.6) is 5.75 Å². The van der Waals surface area contributed by atoms with Gasteiger partial charge in [0, 0.05) is 26.2 Å². The van der Waals surface area contributed by atoms with E-state index in [0.717, 1.165) is 19.6 Å². The third-order valence-corrected chi connectivity index (χ3v) is 5.64. The summed E-state index contributed by atoms with van der Waals surface area (Å²) in [5.41, 5.74) is 0. The molecule has 0 saturated carbocycles. The van der Waals surface area contributed by atoms with Crippen molar-refractivity contribution in [1.29, 1.82) is 0 Å². The first-order valence-corrected chi connectivity index (χ1v) is 9.41. The Labute approximate surface area is 138 Å². The zero-order valence-electron chi connectivity index (χ0n) is 14.0. The van der Waals surface area contributed by atoms with Crippen LogP contribution in [0.1, 0.15) is 13.8 Å². The van der Waals surface area contributed by atoms with E-state index in [1.54, 1.807) is 31.4 Å². The molecule has 1 aliphatic heterocycles. The summed E-state index contributed by atoms with van der Waals surface area (Å²) in [4.78, 5) is 2.52. The molecular formula is C16H26N2O4S. The molecule has 1 aliphatic rings. The quantitative estimate of drug-likeness (QED) is 0.722. The van der Waals surface area contributed by atoms with Crippen molar-refractivity contribution in [3.8, 4) is 5.75 Å². The van der Waals surface area contributed by atoms with E-state index < -0.39 is 10.0 Å². The molecule has 23 heavy (non-hydrogen) atoms. The molecule has 0 aliphatic carbocycles. The molecule has 0 aromatic heterocycles. The van der Waals surface area contributed by atoms with Gasteiger partial charge in [-0.3, -0.25) is 0 Å². The third-order valence-electron chi connectivity index (χ3n) is 4.13. The lowest BCUT2D eigenvalue weighted by Crippen LogP contribution is -2.39. The lowest BCUT2D eigenvalue weighted by Gasteiger charge is -2.17. The lowest BCUT2D eigenvalue weighted by atomic mass is 10.1. The Kier molecular flexibility index (Phi) is 6.41. The number of nitrogens with one attached hydrogen (secondary N) is 1. The van der Waals surface area contributed by atoms with E-state index in [9.17, 15) is 8.42 Å². The number of hydrogen-bond acceptors (Lipinski definition) is 5. The number of hydrogen-bond donors (Lipinski definition) is 1. The number of likely N-dealkylation sites (N-methyl/N-ethyl adjacent to an activating group) is 1. The molecule has 1 aromatic carbocycles. The molecule has 2 atom stereocenters. The van der Waals surface area contributed by atoms with Crippen LogP contribution in [0, 0.1) is 5.92 Å². The first-order valence-electron chi connectivity index (χ1n) is 7.92. The van der Waals surface area contributed by atoms with Crippen LogP contribution in [0.3, 0.4) is 0 Å². The van der Waals surface area contributed by atoms with Crippen molar-refractivity contribution < 1.29 is 17.9 Å². The van der Waals surface area contributed by atoms with Crippen LogP contribution >= 0.6 is 0 Å². The Morgan fingerprint density at radius 3 is 2.48 bits per heavy atom. The first kappa shape index (κ1) is 18.2. The lowest BCUT2D eigenvalue weighted by molar-refractivity contribution is 0.146. The van der Waals surface area contributed by atoms with Gasteiger partial charge in [-0.1, -0.05) is 13.8 Å². The Morgan fingerprint density at radius 1 is 1.22 bits per heavy atom. The van der Waals surface area contributed by atoms with Gasteiger partial charge in [0.15, 0.2) is 0 Å². The molecule has 130 valence electrons. The average Bonchev–Trinajstić information content (AvgIpc) is 2.88. The molecule has 0 amide bonds. The van der Waals surface area contributed by atoms with Gasteiger partial charge in [0.1, 0.15) is 12.4 Å². The predicted octanol–water partition coefficient (Wildman–Crippen LogP) is 1.33. The molecule has 6 nitrogen and oxygen atoms in total. The fourth-order valence-corrected chi connectivity index (χ4v) is 4.04. The van der Waals surface area contributed by atoms with E-state index in [1.807, 2.05) is 0 Å². The highest BCUT2D eigenvalue weighted by atomic mass is 32.2. The van der Waals surface area contributed by atoms with Crippen LogP contribution < -0.4 is 9.46 Å². The van der Waals surface area contributed by atoms with Gasteiger partial charge in [0.2, 0.25) is 10.0 Å². The van der Waals surface area contributed by atoms with Crippen molar-refractivity contribution in [3.05, 3.63) is 24.3 Å². The molecule has 0 radical (unpaired) electrons. The van der Waals surface area contributed by atoms with Crippen molar-refractivity contribution in [2.45, 2.75) is 24.8 Å². The Hall–Kier alpha value is -1.15. The number of benzene rings is 1. The highest BCUT2D eigenvalue weighted by molar-refractivity contribution is 7.89. The summed E-state index contributed by atoms with van der Waals surface area (Å²) in [6.45, 7) is 7.73. The van der Waals surface area contributed by atoms with E-state index in [1.165, 1.54) is 0 Å². The van der Waals surface area contributed by atoms with Gasteiger partial charge in [0.05, 0.1) is 11.5 Å². The van der Waals surface area contributed by atoms with Crippen LogP contribution in [0.2, 0.25) is 0 Å². The normalized spacial score (nSPS) is 22.4. The minimum atomic E-state index is -3.51. The van der Waals surface area contributed by atoms with E-state index in [2.05, 4.69) is 23.5 Å². The van der Waals surface area contributed by atoms with Crippen LogP contribution in [-0.4, -0.2) is 59.3 Å². The Morgan fingerprint density at radius 2 is 1.91 bits per heavy atom. The van der Waals surface area contributed by atoms with E-state index in [4.69, 9.17) is 9.47 Å². The largest absolute Gasteiger partial charge is 0.491 e. The average molecular weight is 342 g/mol. The second kappa shape index (κ2) is 8.10. The topological polar surface area (TPSA) is 67.9 Å². The molecule has 1 saturated heterocycles. The summed E-state index contributed by atoms with van der Waals surface area (Å²) in [5, 5.41) is 0. The highest BCUT2D eigenvalue weighted by Crippen LogP contribution is 2.20. The summed E-state index contributed by atoms with van der Waals surface area (Å²) in [7, 11) is -1.90. The van der Waals surface area contributed by atoms with Gasteiger partial charge < -0.3 is 14.4 Å². The summed E-state index contributed by atoms with van der Waals surface area (Å²) >= 11 is 0. The maximum atomic E-state index is 12.5. The number of rotatable bonds is 8. The number of ether oxygens (including phenoxy) is 2. The maximum absolute atomic E-state index is 12.5. The van der Waals surface area contributed by atoms with Crippen molar-refractivity contribution in [3.63, 3.8) is 0 Å². The maximum Gasteiger partial charge on any atom is 0.240 e. The fourth-order valence-electron chi connectivity index (χ4n) is 2.70. The van der Waals surface area contributed by atoms with Crippen molar-refractivity contribution in [2.75, 3.05) is 40.0 Å². The van der Waals surface area contributed by atoms with E-state index in [-0.39, 0.29) is 10.9 Å². The standard InChI is InChI=1S/C16H26N2O4S/c1-4-18-11-13(2)16(12-18)17-23(19,20)15-7-5-14(6-8-15)22-10-9-21-3/h5-8,13,16-17H,4,9-12H2,1-3H3/t13-,16-/m1/s1. The van der Waals surface area contributed by atoms with Crippen molar-refractivity contribution in [2.24, 2.45) is 5.92 Å². The zero-order chi connectivity index (χ0) is 16.9. The first-order chi connectivity index (χ1) is 11.0. The minimum absolute atomic E-state index is 0.0439. The van der Waals surface area contributed by atoms with Crippen molar-refractivity contribution >= 4 is 10.0 Å². The molecular weight excluding hydrogens is 316 g/mol. The molecule has 2 rings (SSSR count). The van der Waals surface area contributed by atoms with Crippen LogP contribution in [0.4, 0.5) is 0 Å². The summed E-state index contributed by atoms with van der Waals surface area (Å²) < 4.78 is 38.2. The third kappa shape index (κ3) is 4.91. The molecule has 0 spiro atoms. The molecule has 0 unspecified atom stereocenters. The molecule has 1 heterocycles. The Bertz CT molecular complexity index is 589. The smallest absolute Gasteiger partial charge is 0.240 e. The summed E-state index contributed by atoms with van der Waals surface area (Å²) in [6.07, 6.45) is 0. The number of methoxy groups -OCH3 is 1. The molecule has 0 bridgehead atoms. The van der Waals surface area contributed by atoms with Crippen LogP contribution in [-0.2, 0) is 14.8 Å². The Balaban J connectivity index is 1.99. The molecule has 1 N–H and O–H groups in total. The van der Waals surface area contributed by atoms with Crippen molar-refractivity contribution in [1.82, 2.24) is 9.62 Å². The monoisotopic (exact) mass is 342 g/mol. The number of likely N-dealkylation sites (tertiary alicyclic amines) is 1. The van der Waals surface area contributed by atoms with Gasteiger partial charge in [-0.25, -0.2) is 13.1 Å². The zero-order valence-corrected chi connectivity index (χ0v) is 14.8. The summed E-state index contributed by atoms with van der Waals surface area (Å²) in [6, 6.07) is 6.43. The van der Waals surface area contributed by atoms with Crippen LogP contribution in [0.15, 0.2) is 29.2 Å². The van der Waals surface area contributed by atoms with E-state index >= 15 is 0 Å². The second-order valence-corrected chi connectivity index (χ2v) is 7.58. The second-order valence-electron chi connectivity index (χ2n) is 5.87. The molecule has 1 aromatic rings. The molecule has 1 fully saturated rings. The minimum Gasteiger partial charge on any atom is -0.491 e. The highest BCUT2D eigenvalue weighted by Gasteiger charge is 2.32. The van der Waals surface area contributed by atoms with Gasteiger partial charge >= 0.3 is 0 Å². The van der Waals surface area contributed by atoms with E-state index in [0.29, 0.717) is 24.9 Å². The van der Waals surface area contributed by atoms with Crippen LogP contribution in [0.25, 0.3) is 0 Å². The summed E-state index contributed by atoms with van der Waals surface area (Å²) in [5.74, 6) is 0.939. The number of nitrogens with zero attached hydrogens (tertiary/aromatic N) is 1. The number of sulfonamides is 1. The van der Waals surface area contributed by atoms with Gasteiger partial charge in [0.25, 0.3) is 0 Å². The van der Waals surface area contributed by atoms with Gasteiger partial charge in [-0.15, -0.1) is 0 Å². The SMILES string of the molecule is CCN1C[C@@H](C)[C@H](NS(=O)(=O)c2ccc(OCCOC)cc2)C1. The van der Waals surface area contributed by atoms with Gasteiger partial charge in [-0.2, -0.15) is 0 Å². The predicted molar refractivity (Wildman–Crippen MR) is 89.2 cm³/mol. The fraction of sp³-hybridized carbons (Fsp3) is 0.625. The van der Waals surface area contributed by atoms with Gasteiger partial charge in [-0.05, 0) is 36.7 Å². The molecule has 7 heteroatoms.